The second kappa shape index (κ2) is 10.3. The number of hydrogen-bond donors (Lipinski definition) is 2. The second-order valence-corrected chi connectivity index (χ2v) is 11.1. The number of hydrogen-bond acceptors (Lipinski definition) is 5. The van der Waals surface area contributed by atoms with Crippen LogP contribution in [0.4, 0.5) is 5.69 Å². The maximum atomic E-state index is 13.6. The molecule has 8 heteroatoms. The molecule has 1 saturated heterocycles. The van der Waals surface area contributed by atoms with Crippen LogP contribution < -0.4 is 5.32 Å². The number of likely N-dealkylation sites (tertiary alicyclic amines) is 1. The fourth-order valence-corrected chi connectivity index (χ4v) is 5.70. The molecule has 6 rings (SSSR count). The zero-order chi connectivity index (χ0) is 26.2. The lowest BCUT2D eigenvalue weighted by molar-refractivity contribution is -0.131. The number of likely N-dealkylation sites (N-methyl/N-ethyl adjacent to an activating group) is 1. The summed E-state index contributed by atoms with van der Waals surface area (Å²) in [6.07, 6.45) is 7.56. The molecule has 38 heavy (non-hydrogen) atoms. The van der Waals surface area contributed by atoms with Gasteiger partial charge in [0.05, 0.1) is 25.0 Å². The lowest BCUT2D eigenvalue weighted by Gasteiger charge is -2.32. The zero-order valence-electron chi connectivity index (χ0n) is 21.8. The quantitative estimate of drug-likeness (QED) is 0.458. The van der Waals surface area contributed by atoms with Gasteiger partial charge in [0, 0.05) is 56.9 Å². The lowest BCUT2D eigenvalue weighted by Crippen LogP contribution is -2.39. The number of imidazole rings is 1. The molecule has 0 bridgehead atoms. The molecule has 1 aliphatic carbocycles. The van der Waals surface area contributed by atoms with E-state index in [-0.39, 0.29) is 30.4 Å². The van der Waals surface area contributed by atoms with Crippen LogP contribution >= 0.6 is 0 Å². The number of aliphatic hydroxyl groups excluding tert-OH is 1. The van der Waals surface area contributed by atoms with Crippen molar-refractivity contribution in [1.82, 2.24) is 19.4 Å². The minimum absolute atomic E-state index is 0.00824. The van der Waals surface area contributed by atoms with Crippen molar-refractivity contribution in [2.24, 2.45) is 5.92 Å². The Labute approximate surface area is 223 Å². The number of aliphatic hydroxyl groups is 1. The molecule has 0 spiro atoms. The summed E-state index contributed by atoms with van der Waals surface area (Å²) in [4.78, 5) is 34.1. The maximum absolute atomic E-state index is 13.6. The Morgan fingerprint density at radius 1 is 1.21 bits per heavy atom. The van der Waals surface area contributed by atoms with E-state index in [1.807, 2.05) is 42.4 Å². The predicted molar refractivity (Wildman–Crippen MR) is 145 cm³/mol. The molecule has 3 heterocycles. The van der Waals surface area contributed by atoms with Crippen molar-refractivity contribution < 1.29 is 14.7 Å². The zero-order valence-corrected chi connectivity index (χ0v) is 21.8. The molecule has 3 aliphatic rings. The molecule has 2 fully saturated rings. The molecule has 0 radical (unpaired) electrons. The first kappa shape index (κ1) is 24.8. The Bertz CT molecular complexity index is 1350. The first-order chi connectivity index (χ1) is 18.4. The smallest absolute Gasteiger partial charge is 0.228 e. The molecule has 2 atom stereocenters. The van der Waals surface area contributed by atoms with Crippen molar-refractivity contribution in [3.05, 3.63) is 71.5 Å². The number of rotatable bonds is 9. The first-order valence-electron chi connectivity index (χ1n) is 13.6. The largest absolute Gasteiger partial charge is 0.392 e. The number of carbonyl (C=O) groups is 2. The number of nitrogens with one attached hydrogen (secondary N) is 1. The molecular formula is C30H35N5O3. The number of aromatic nitrogens is 2. The minimum Gasteiger partial charge on any atom is -0.392 e. The van der Waals surface area contributed by atoms with Crippen LogP contribution in [-0.2, 0) is 29.0 Å². The third-order valence-electron chi connectivity index (χ3n) is 8.09. The van der Waals surface area contributed by atoms with Gasteiger partial charge in [-0.3, -0.25) is 14.5 Å². The third kappa shape index (κ3) is 5.37. The van der Waals surface area contributed by atoms with E-state index in [9.17, 15) is 14.7 Å². The number of fused-ring (bicyclic) bond motifs is 1. The van der Waals surface area contributed by atoms with Gasteiger partial charge in [0.2, 0.25) is 11.8 Å². The summed E-state index contributed by atoms with van der Waals surface area (Å²) < 4.78 is 2.24. The van der Waals surface area contributed by atoms with E-state index in [1.54, 1.807) is 0 Å². The second-order valence-electron chi connectivity index (χ2n) is 11.1. The number of benzene rings is 2. The van der Waals surface area contributed by atoms with Crippen molar-refractivity contribution >= 4 is 17.5 Å². The summed E-state index contributed by atoms with van der Waals surface area (Å²) in [5.74, 6) is 1.71. The van der Waals surface area contributed by atoms with Crippen LogP contribution in [-0.4, -0.2) is 69.1 Å². The first-order valence-corrected chi connectivity index (χ1v) is 13.6. The Morgan fingerprint density at radius 2 is 2.08 bits per heavy atom. The summed E-state index contributed by atoms with van der Waals surface area (Å²) >= 11 is 0. The van der Waals surface area contributed by atoms with Crippen LogP contribution in [0.5, 0.6) is 0 Å². The van der Waals surface area contributed by atoms with Crippen LogP contribution in [0.15, 0.2) is 54.9 Å². The summed E-state index contributed by atoms with van der Waals surface area (Å²) in [6.45, 7) is 3.08. The fraction of sp³-hybridized carbons (Fsp3) is 0.433. The number of nitrogens with zero attached hydrogens (tertiary/aromatic N) is 4. The SMILES string of the molecule is CN(C(=O)Cc1ccc2c(c1)NC(=O)C2)[C@H](CN1CC[C@H](O)C1)c1cccc(-c2nccn2CC2CC2)c1. The van der Waals surface area contributed by atoms with Crippen molar-refractivity contribution in [3.8, 4) is 11.4 Å². The number of carbonyl (C=O) groups excluding carboxylic acids is 2. The molecule has 1 saturated carbocycles. The van der Waals surface area contributed by atoms with Crippen LogP contribution in [0.1, 0.15) is 42.0 Å². The third-order valence-corrected chi connectivity index (χ3v) is 8.09. The summed E-state index contributed by atoms with van der Waals surface area (Å²) in [6, 6.07) is 14.0. The average molecular weight is 514 g/mol. The van der Waals surface area contributed by atoms with E-state index in [4.69, 9.17) is 0 Å². The molecule has 2 amide bonds. The molecule has 3 aromatic rings. The van der Waals surface area contributed by atoms with Gasteiger partial charge in [0.15, 0.2) is 0 Å². The summed E-state index contributed by atoms with van der Waals surface area (Å²) in [5, 5.41) is 13.0. The highest BCUT2D eigenvalue weighted by atomic mass is 16.3. The van der Waals surface area contributed by atoms with Crippen molar-refractivity contribution in [2.75, 3.05) is 32.0 Å². The Hall–Kier alpha value is -3.49. The number of β-amino-alcohol motifs (C(OH)–C–C–N with tert-alkyl or cyclic N) is 1. The van der Waals surface area contributed by atoms with Crippen LogP contribution in [0.3, 0.4) is 0 Å². The highest BCUT2D eigenvalue weighted by molar-refractivity contribution is 5.99. The standard InChI is InChI=1S/C30H35N5O3/c1-33(29(38)14-21-7-8-22-16-28(37)32-26(22)13-21)27(19-34-11-9-25(36)18-34)23-3-2-4-24(15-23)30-31-10-12-35(30)17-20-5-6-20/h2-4,7-8,10,12-13,15,20,25,27,36H,5-6,9,11,14,16-19H2,1H3,(H,32,37)/t25-,27+/m0/s1. The van der Waals surface area contributed by atoms with Gasteiger partial charge in [-0.2, -0.15) is 0 Å². The predicted octanol–water partition coefficient (Wildman–Crippen LogP) is 3.26. The Balaban J connectivity index is 1.25. The molecule has 1 aromatic heterocycles. The maximum Gasteiger partial charge on any atom is 0.228 e. The molecule has 2 N–H and O–H groups in total. The van der Waals surface area contributed by atoms with Crippen molar-refractivity contribution in [3.63, 3.8) is 0 Å². The van der Waals surface area contributed by atoms with E-state index >= 15 is 0 Å². The number of anilines is 1. The van der Waals surface area contributed by atoms with Gasteiger partial charge in [-0.25, -0.2) is 4.98 Å². The van der Waals surface area contributed by atoms with Gasteiger partial charge in [-0.15, -0.1) is 0 Å². The fourth-order valence-electron chi connectivity index (χ4n) is 5.70. The average Bonchev–Trinajstić information content (AvgIpc) is 3.25. The van der Waals surface area contributed by atoms with E-state index in [2.05, 4.69) is 44.2 Å². The molecule has 2 aromatic carbocycles. The van der Waals surface area contributed by atoms with Crippen LogP contribution in [0, 0.1) is 5.92 Å². The van der Waals surface area contributed by atoms with Crippen molar-refractivity contribution in [1.29, 1.82) is 0 Å². The minimum atomic E-state index is -0.320. The van der Waals surface area contributed by atoms with Gasteiger partial charge in [0.1, 0.15) is 5.82 Å². The Kier molecular flexibility index (Phi) is 6.76. The molecule has 198 valence electrons. The lowest BCUT2D eigenvalue weighted by atomic mass is 10.0. The van der Waals surface area contributed by atoms with E-state index in [0.717, 1.165) is 59.2 Å². The van der Waals surface area contributed by atoms with Crippen LogP contribution in [0.25, 0.3) is 11.4 Å². The van der Waals surface area contributed by atoms with Crippen LogP contribution in [0.2, 0.25) is 0 Å². The highest BCUT2D eigenvalue weighted by Crippen LogP contribution is 2.33. The topological polar surface area (TPSA) is 90.7 Å². The molecular weight excluding hydrogens is 478 g/mol. The van der Waals surface area contributed by atoms with E-state index < -0.39 is 0 Å². The van der Waals surface area contributed by atoms with E-state index in [0.29, 0.717) is 19.5 Å². The van der Waals surface area contributed by atoms with Crippen molar-refractivity contribution in [2.45, 2.75) is 50.8 Å². The normalized spacial score (nSPS) is 19.8. The summed E-state index contributed by atoms with van der Waals surface area (Å²) in [7, 11) is 1.87. The summed E-state index contributed by atoms with van der Waals surface area (Å²) in [5.41, 5.74) is 4.77. The Morgan fingerprint density at radius 3 is 2.87 bits per heavy atom. The highest BCUT2D eigenvalue weighted by Gasteiger charge is 2.29. The van der Waals surface area contributed by atoms with Gasteiger partial charge in [-0.1, -0.05) is 30.3 Å². The number of amides is 2. The molecule has 0 unspecified atom stereocenters. The monoisotopic (exact) mass is 513 g/mol. The van der Waals surface area contributed by atoms with E-state index in [1.165, 1.54) is 12.8 Å². The van der Waals surface area contributed by atoms with Gasteiger partial charge in [0.25, 0.3) is 0 Å². The van der Waals surface area contributed by atoms with Gasteiger partial charge >= 0.3 is 0 Å². The van der Waals surface area contributed by atoms with Gasteiger partial charge < -0.3 is 19.9 Å². The molecule has 8 nitrogen and oxygen atoms in total. The molecule has 2 aliphatic heterocycles. The van der Waals surface area contributed by atoms with Gasteiger partial charge in [-0.05, 0) is 54.0 Å².